The molecule has 1 fully saturated rings. The van der Waals surface area contributed by atoms with Gasteiger partial charge in [0.2, 0.25) is 5.71 Å². The van der Waals surface area contributed by atoms with Crippen LogP contribution in [0.15, 0.2) is 77.5 Å². The average molecular weight is 545 g/mol. The summed E-state index contributed by atoms with van der Waals surface area (Å²) in [7, 11) is 0. The molecule has 2 aromatic heterocycles. The number of hydrogen-bond donors (Lipinski definition) is 2. The van der Waals surface area contributed by atoms with Crippen molar-refractivity contribution >= 4 is 34.4 Å². The third kappa shape index (κ3) is 4.76. The van der Waals surface area contributed by atoms with Gasteiger partial charge in [-0.1, -0.05) is 48.9 Å². The molecule has 7 heteroatoms. The van der Waals surface area contributed by atoms with Crippen molar-refractivity contribution in [2.45, 2.75) is 56.4 Å². The molecular weight excluding hydrogens is 512 g/mol. The van der Waals surface area contributed by atoms with E-state index in [2.05, 4.69) is 41.5 Å². The number of fused-ring (bicyclic) bond motifs is 3. The number of hydrogen-bond acceptors (Lipinski definition) is 5. The molecule has 0 amide bonds. The van der Waals surface area contributed by atoms with Crippen LogP contribution < -0.4 is 10.1 Å². The number of aromatic nitrogens is 1. The first-order valence-electron chi connectivity index (χ1n) is 13.7. The maximum absolute atomic E-state index is 12.6. The van der Waals surface area contributed by atoms with E-state index in [-0.39, 0.29) is 5.41 Å². The molecule has 6 rings (SSSR count). The average Bonchev–Trinajstić information content (AvgIpc) is 3.52. The topological polar surface area (TPSA) is 84.6 Å². The fraction of sp³-hybridized carbons (Fsp3) is 0.375. The van der Waals surface area contributed by atoms with Crippen molar-refractivity contribution in [3.63, 3.8) is 0 Å². The van der Waals surface area contributed by atoms with Gasteiger partial charge in [-0.15, -0.1) is 0 Å². The molecule has 2 aliphatic carbocycles. The molecule has 2 aliphatic rings. The van der Waals surface area contributed by atoms with Crippen molar-refractivity contribution in [1.29, 1.82) is 0 Å². The van der Waals surface area contributed by atoms with Gasteiger partial charge in [0.15, 0.2) is 0 Å². The van der Waals surface area contributed by atoms with Crippen molar-refractivity contribution in [3.8, 4) is 5.75 Å². The van der Waals surface area contributed by atoms with Crippen LogP contribution in [0, 0.1) is 11.8 Å². The van der Waals surface area contributed by atoms with Gasteiger partial charge in [0.05, 0.1) is 18.3 Å². The number of nitrogens with one attached hydrogen (secondary N) is 1. The Balaban J connectivity index is 1.20. The smallest absolute Gasteiger partial charge is 0.329 e. The van der Waals surface area contributed by atoms with E-state index in [0.717, 1.165) is 42.5 Å². The van der Waals surface area contributed by atoms with Crippen LogP contribution in [0.25, 0.3) is 11.1 Å². The lowest BCUT2D eigenvalue weighted by Crippen LogP contribution is -2.53. The standard InChI is InChI=1S/C32H33ClN2O4/c1-21(20-39-28-9-15-34-29-26(28)10-16-38-29)17-23-18-22-5-2-3-8-27(22)31(23)11-13-32(14-12-31,30(36)37)35-25-7-4-6-24(33)19-25/h2-10,15-16,19,21,23,35H,11-14,17-18,20H2,1H3,(H,36,37)/t21-,23+,31?,32?/m1/s1. The zero-order valence-corrected chi connectivity index (χ0v) is 22.8. The maximum atomic E-state index is 12.6. The Morgan fingerprint density at radius 1 is 1.15 bits per heavy atom. The van der Waals surface area contributed by atoms with E-state index in [9.17, 15) is 9.90 Å². The molecule has 39 heavy (non-hydrogen) atoms. The summed E-state index contributed by atoms with van der Waals surface area (Å²) in [5, 5.41) is 15.2. The zero-order chi connectivity index (χ0) is 27.0. The Morgan fingerprint density at radius 2 is 1.97 bits per heavy atom. The Kier molecular flexibility index (Phi) is 6.76. The number of ether oxygens (including phenoxy) is 1. The Morgan fingerprint density at radius 3 is 2.77 bits per heavy atom. The number of halogens is 1. The molecule has 2 heterocycles. The van der Waals surface area contributed by atoms with Gasteiger partial charge in [0, 0.05) is 16.9 Å². The highest BCUT2D eigenvalue weighted by Crippen LogP contribution is 2.56. The molecular formula is C32H33ClN2O4. The van der Waals surface area contributed by atoms with E-state index in [0.29, 0.717) is 42.0 Å². The van der Waals surface area contributed by atoms with E-state index < -0.39 is 11.5 Å². The largest absolute Gasteiger partial charge is 0.492 e. The summed E-state index contributed by atoms with van der Waals surface area (Å²) in [6.07, 6.45) is 8.13. The van der Waals surface area contributed by atoms with E-state index >= 15 is 0 Å². The Labute approximate surface area is 233 Å². The number of carboxylic acid groups (broad SMARTS) is 1. The lowest BCUT2D eigenvalue weighted by molar-refractivity contribution is -0.144. The number of aliphatic carboxylic acids is 1. The molecule has 2 atom stereocenters. The number of furan rings is 1. The summed E-state index contributed by atoms with van der Waals surface area (Å²) >= 11 is 6.19. The molecule has 0 aliphatic heterocycles. The molecule has 0 bridgehead atoms. The molecule has 2 aromatic carbocycles. The van der Waals surface area contributed by atoms with Gasteiger partial charge in [0.25, 0.3) is 0 Å². The molecule has 0 radical (unpaired) electrons. The van der Waals surface area contributed by atoms with E-state index in [1.807, 2.05) is 24.3 Å². The predicted molar refractivity (Wildman–Crippen MR) is 153 cm³/mol. The van der Waals surface area contributed by atoms with Crippen LogP contribution in [0.1, 0.15) is 50.2 Å². The lowest BCUT2D eigenvalue weighted by Gasteiger charge is -2.47. The molecule has 6 nitrogen and oxygen atoms in total. The molecule has 1 saturated carbocycles. The van der Waals surface area contributed by atoms with Crippen molar-refractivity contribution in [2.24, 2.45) is 11.8 Å². The second-order valence-electron chi connectivity index (χ2n) is 11.3. The fourth-order valence-corrected chi connectivity index (χ4v) is 7.16. The molecule has 0 unspecified atom stereocenters. The summed E-state index contributed by atoms with van der Waals surface area (Å²) in [6.45, 7) is 2.85. The summed E-state index contributed by atoms with van der Waals surface area (Å²) in [5.41, 5.74) is 3.09. The monoisotopic (exact) mass is 544 g/mol. The molecule has 4 aromatic rings. The first-order chi connectivity index (χ1) is 18.9. The maximum Gasteiger partial charge on any atom is 0.329 e. The van der Waals surface area contributed by atoms with E-state index in [4.69, 9.17) is 20.8 Å². The summed E-state index contributed by atoms with van der Waals surface area (Å²) in [5.74, 6) is 0.746. The van der Waals surface area contributed by atoms with Crippen LogP contribution in [0.4, 0.5) is 5.69 Å². The van der Waals surface area contributed by atoms with Crippen LogP contribution in [0.3, 0.4) is 0 Å². The second kappa shape index (κ2) is 10.2. The molecule has 0 saturated heterocycles. The molecule has 2 N–H and O–H groups in total. The highest BCUT2D eigenvalue weighted by atomic mass is 35.5. The van der Waals surface area contributed by atoms with Gasteiger partial charge < -0.3 is 19.6 Å². The third-order valence-corrected chi connectivity index (χ3v) is 9.19. The minimum atomic E-state index is -1.01. The number of nitrogens with zero attached hydrogens (tertiary/aromatic N) is 1. The minimum Gasteiger partial charge on any atom is -0.492 e. The van der Waals surface area contributed by atoms with Gasteiger partial charge in [-0.3, -0.25) is 0 Å². The predicted octanol–water partition coefficient (Wildman–Crippen LogP) is 7.51. The first kappa shape index (κ1) is 25.8. The number of benzene rings is 2. The Bertz CT molecular complexity index is 1490. The number of carboxylic acids is 1. The second-order valence-corrected chi connectivity index (χ2v) is 11.8. The van der Waals surface area contributed by atoms with Crippen molar-refractivity contribution in [2.75, 3.05) is 11.9 Å². The van der Waals surface area contributed by atoms with Gasteiger partial charge in [0.1, 0.15) is 11.3 Å². The van der Waals surface area contributed by atoms with Crippen LogP contribution in [-0.2, 0) is 16.6 Å². The summed E-state index contributed by atoms with van der Waals surface area (Å²) in [4.78, 5) is 16.9. The normalized spacial score (nSPS) is 24.9. The summed E-state index contributed by atoms with van der Waals surface area (Å²) in [6, 6.07) is 19.9. The highest BCUT2D eigenvalue weighted by Gasteiger charge is 2.54. The first-order valence-corrected chi connectivity index (χ1v) is 14.1. The van der Waals surface area contributed by atoms with E-state index in [1.165, 1.54) is 11.1 Å². The molecule has 202 valence electrons. The highest BCUT2D eigenvalue weighted by molar-refractivity contribution is 6.30. The van der Waals surface area contributed by atoms with Crippen molar-refractivity contribution in [3.05, 3.63) is 89.3 Å². The van der Waals surface area contributed by atoms with Crippen LogP contribution in [-0.4, -0.2) is 28.2 Å². The summed E-state index contributed by atoms with van der Waals surface area (Å²) < 4.78 is 11.7. The zero-order valence-electron chi connectivity index (χ0n) is 22.0. The SMILES string of the molecule is C[C@@H](COc1ccnc2occc12)C[C@H]1Cc2ccccc2C12CCC(Nc1cccc(Cl)c1)(C(=O)O)CC2. The lowest BCUT2D eigenvalue weighted by atomic mass is 9.59. The number of pyridine rings is 1. The minimum absolute atomic E-state index is 0.0334. The molecule has 1 spiro atoms. The van der Waals surface area contributed by atoms with Gasteiger partial charge in [-0.25, -0.2) is 9.78 Å². The van der Waals surface area contributed by atoms with Crippen LogP contribution in [0.2, 0.25) is 5.02 Å². The van der Waals surface area contributed by atoms with Crippen molar-refractivity contribution < 1.29 is 19.1 Å². The van der Waals surface area contributed by atoms with Crippen LogP contribution in [0.5, 0.6) is 5.75 Å². The Hall–Kier alpha value is -3.51. The van der Waals surface area contributed by atoms with Gasteiger partial charge in [-0.05, 0) is 97.2 Å². The third-order valence-electron chi connectivity index (χ3n) is 8.95. The van der Waals surface area contributed by atoms with Crippen molar-refractivity contribution in [1.82, 2.24) is 4.98 Å². The number of carbonyl (C=O) groups is 1. The number of anilines is 1. The van der Waals surface area contributed by atoms with Gasteiger partial charge >= 0.3 is 5.97 Å². The fourth-order valence-electron chi connectivity index (χ4n) is 6.97. The quantitative estimate of drug-likeness (QED) is 0.239. The number of rotatable bonds is 8. The van der Waals surface area contributed by atoms with Gasteiger partial charge in [-0.2, -0.15) is 0 Å². The van der Waals surface area contributed by atoms with E-state index in [1.54, 1.807) is 24.6 Å². The van der Waals surface area contributed by atoms with Crippen LogP contribution >= 0.6 is 11.6 Å².